The van der Waals surface area contributed by atoms with Gasteiger partial charge in [0.2, 0.25) is 10.0 Å². The van der Waals surface area contributed by atoms with Crippen molar-refractivity contribution in [3.63, 3.8) is 0 Å². The molecule has 3 rings (SSSR count). The van der Waals surface area contributed by atoms with E-state index in [1.807, 2.05) is 0 Å². The van der Waals surface area contributed by atoms with Crippen molar-refractivity contribution in [2.75, 3.05) is 4.72 Å². The fraction of sp³-hybridized carbons (Fsp3) is 0.308. The Bertz CT molecular complexity index is 723. The summed E-state index contributed by atoms with van der Waals surface area (Å²) in [5.41, 5.74) is 0.888. The van der Waals surface area contributed by atoms with E-state index >= 15 is 0 Å². The molecule has 1 N–H and O–H groups in total. The highest BCUT2D eigenvalue weighted by atomic mass is 32.2. The Labute approximate surface area is 115 Å². The molecule has 1 aliphatic carbocycles. The Morgan fingerprint density at radius 1 is 1.35 bits per heavy atom. The molecule has 0 saturated heterocycles. The van der Waals surface area contributed by atoms with Crippen molar-refractivity contribution in [2.45, 2.75) is 24.5 Å². The second-order valence-electron chi connectivity index (χ2n) is 4.85. The van der Waals surface area contributed by atoms with Gasteiger partial charge in [0.25, 0.3) is 0 Å². The number of rotatable bonds is 5. The van der Waals surface area contributed by atoms with Crippen molar-refractivity contribution in [1.29, 1.82) is 0 Å². The first-order valence-electron chi connectivity index (χ1n) is 6.23. The molecule has 2 aromatic rings. The van der Waals surface area contributed by atoms with Gasteiger partial charge in [0.1, 0.15) is 12.1 Å². The van der Waals surface area contributed by atoms with Crippen molar-refractivity contribution in [1.82, 2.24) is 5.16 Å². The zero-order valence-electron chi connectivity index (χ0n) is 10.5. The van der Waals surface area contributed by atoms with Gasteiger partial charge in [-0.3, -0.25) is 4.72 Å². The number of halogens is 1. The zero-order valence-corrected chi connectivity index (χ0v) is 11.4. The van der Waals surface area contributed by atoms with E-state index in [2.05, 4.69) is 9.88 Å². The average Bonchev–Trinajstić information content (AvgIpc) is 3.13. The highest BCUT2D eigenvalue weighted by Gasteiger charge is 2.30. The van der Waals surface area contributed by atoms with Crippen LogP contribution in [0.25, 0.3) is 0 Å². The summed E-state index contributed by atoms with van der Waals surface area (Å²) in [5.74, 6) is -0.451. The summed E-state index contributed by atoms with van der Waals surface area (Å²) in [6, 6.07) is 5.79. The summed E-state index contributed by atoms with van der Waals surface area (Å²) in [5, 5.41) is 3.67. The van der Waals surface area contributed by atoms with Gasteiger partial charge in [-0.25, -0.2) is 12.8 Å². The molecule has 1 fully saturated rings. The lowest BCUT2D eigenvalue weighted by Crippen LogP contribution is -2.16. The first-order valence-corrected chi connectivity index (χ1v) is 7.88. The molecule has 106 valence electrons. The summed E-state index contributed by atoms with van der Waals surface area (Å²) < 4.78 is 44.8. The molecule has 0 atom stereocenters. The molecule has 0 unspecified atom stereocenters. The zero-order chi connectivity index (χ0) is 14.2. The van der Waals surface area contributed by atoms with Gasteiger partial charge in [0.15, 0.2) is 5.82 Å². The van der Waals surface area contributed by atoms with Gasteiger partial charge < -0.3 is 4.52 Å². The number of benzene rings is 1. The average molecular weight is 296 g/mol. The Kier molecular flexibility index (Phi) is 3.21. The minimum Gasteiger partial charge on any atom is -0.362 e. The van der Waals surface area contributed by atoms with Crippen LogP contribution in [0.4, 0.5) is 10.2 Å². The smallest absolute Gasteiger partial charge is 0.238 e. The standard InChI is InChI=1S/C13H13FN2O3S/c14-12-4-2-1-3-10(12)8-20(17,18)16-13-11(7-19-15-13)9-5-6-9/h1-4,7,9H,5-6,8H2,(H,15,16). The van der Waals surface area contributed by atoms with Crippen LogP contribution in [0.5, 0.6) is 0 Å². The monoisotopic (exact) mass is 296 g/mol. The Morgan fingerprint density at radius 2 is 2.10 bits per heavy atom. The molecule has 1 saturated carbocycles. The molecule has 0 spiro atoms. The van der Waals surface area contributed by atoms with Crippen LogP contribution >= 0.6 is 0 Å². The number of sulfonamides is 1. The lowest BCUT2D eigenvalue weighted by atomic mass is 10.2. The molecule has 1 heterocycles. The maximum absolute atomic E-state index is 13.5. The second-order valence-corrected chi connectivity index (χ2v) is 6.57. The predicted molar refractivity (Wildman–Crippen MR) is 71.1 cm³/mol. The van der Waals surface area contributed by atoms with Crippen molar-refractivity contribution >= 4 is 15.8 Å². The number of nitrogens with one attached hydrogen (secondary N) is 1. The van der Waals surface area contributed by atoms with Crippen LogP contribution in [0, 0.1) is 5.82 Å². The van der Waals surface area contributed by atoms with Crippen molar-refractivity contribution < 1.29 is 17.3 Å². The topological polar surface area (TPSA) is 72.2 Å². The van der Waals surface area contributed by atoms with Crippen molar-refractivity contribution in [3.8, 4) is 0 Å². The third-order valence-electron chi connectivity index (χ3n) is 3.17. The summed E-state index contributed by atoms with van der Waals surface area (Å²) >= 11 is 0. The number of aromatic nitrogens is 1. The second kappa shape index (κ2) is 4.90. The third kappa shape index (κ3) is 2.82. The molecule has 5 nitrogen and oxygen atoms in total. The normalized spacial score (nSPS) is 15.2. The quantitative estimate of drug-likeness (QED) is 0.920. The minimum atomic E-state index is -3.72. The van der Waals surface area contributed by atoms with Gasteiger partial charge in [0.05, 0.1) is 5.75 Å². The van der Waals surface area contributed by atoms with E-state index in [9.17, 15) is 12.8 Å². The number of nitrogens with zero attached hydrogens (tertiary/aromatic N) is 1. The van der Waals surface area contributed by atoms with Crippen LogP contribution in [0.1, 0.15) is 29.9 Å². The molecule has 0 aliphatic heterocycles. The molecule has 20 heavy (non-hydrogen) atoms. The Balaban J connectivity index is 1.79. The summed E-state index contributed by atoms with van der Waals surface area (Å²) in [7, 11) is -3.72. The lowest BCUT2D eigenvalue weighted by Gasteiger charge is -2.07. The van der Waals surface area contributed by atoms with Gasteiger partial charge in [0, 0.05) is 11.1 Å². The molecule has 0 amide bonds. The molecule has 1 aliphatic rings. The van der Waals surface area contributed by atoms with Crippen LogP contribution in [0.15, 0.2) is 35.1 Å². The molecular formula is C13H13FN2O3S. The van der Waals surface area contributed by atoms with E-state index in [-0.39, 0.29) is 11.4 Å². The van der Waals surface area contributed by atoms with Gasteiger partial charge >= 0.3 is 0 Å². The number of hydrogen-bond donors (Lipinski definition) is 1. The fourth-order valence-corrected chi connectivity index (χ4v) is 3.17. The van der Waals surface area contributed by atoms with Crippen LogP contribution < -0.4 is 4.72 Å². The Morgan fingerprint density at radius 3 is 2.80 bits per heavy atom. The van der Waals surface area contributed by atoms with Crippen LogP contribution in [0.2, 0.25) is 0 Å². The highest BCUT2D eigenvalue weighted by Crippen LogP contribution is 2.43. The first kappa shape index (κ1) is 13.1. The molecule has 0 bridgehead atoms. The maximum Gasteiger partial charge on any atom is 0.238 e. The van der Waals surface area contributed by atoms with Crippen molar-refractivity contribution in [2.24, 2.45) is 0 Å². The number of hydrogen-bond acceptors (Lipinski definition) is 4. The molecule has 0 radical (unpaired) electrons. The minimum absolute atomic E-state index is 0.122. The van der Waals surface area contributed by atoms with Crippen molar-refractivity contribution in [3.05, 3.63) is 47.5 Å². The highest BCUT2D eigenvalue weighted by molar-refractivity contribution is 7.91. The summed E-state index contributed by atoms with van der Waals surface area (Å²) in [6.07, 6.45) is 3.46. The van der Waals surface area contributed by atoms with E-state index in [1.54, 1.807) is 6.07 Å². The van der Waals surface area contributed by atoms with Gasteiger partial charge in [-0.15, -0.1) is 0 Å². The van der Waals surface area contributed by atoms with Crippen LogP contribution in [-0.4, -0.2) is 13.6 Å². The largest absolute Gasteiger partial charge is 0.362 e. The summed E-state index contributed by atoms with van der Waals surface area (Å²) in [4.78, 5) is 0. The van der Waals surface area contributed by atoms with Gasteiger partial charge in [-0.2, -0.15) is 0 Å². The fourth-order valence-electron chi connectivity index (χ4n) is 2.01. The maximum atomic E-state index is 13.5. The third-order valence-corrected chi connectivity index (χ3v) is 4.37. The number of anilines is 1. The SMILES string of the molecule is O=S(=O)(Cc1ccccc1F)Nc1nocc1C1CC1. The molecular weight excluding hydrogens is 283 g/mol. The predicted octanol–water partition coefficient (Wildman–Crippen LogP) is 2.63. The van der Waals surface area contributed by atoms with E-state index in [0.717, 1.165) is 18.4 Å². The van der Waals surface area contributed by atoms with Gasteiger partial charge in [-0.05, 0) is 24.8 Å². The lowest BCUT2D eigenvalue weighted by molar-refractivity contribution is 0.422. The Hall–Kier alpha value is -1.89. The van der Waals surface area contributed by atoms with E-state index in [0.29, 0.717) is 5.92 Å². The molecule has 7 heteroatoms. The van der Waals surface area contributed by atoms with E-state index in [4.69, 9.17) is 4.52 Å². The first-order chi connectivity index (χ1) is 9.55. The van der Waals surface area contributed by atoms with Crippen LogP contribution in [0.3, 0.4) is 0 Å². The van der Waals surface area contributed by atoms with E-state index in [1.165, 1.54) is 24.5 Å². The van der Waals surface area contributed by atoms with Crippen LogP contribution in [-0.2, 0) is 15.8 Å². The molecule has 1 aromatic carbocycles. The summed E-state index contributed by atoms with van der Waals surface area (Å²) in [6.45, 7) is 0. The van der Waals surface area contributed by atoms with E-state index < -0.39 is 21.6 Å². The van der Waals surface area contributed by atoms with Gasteiger partial charge in [-0.1, -0.05) is 23.4 Å². The molecule has 1 aromatic heterocycles.